The van der Waals surface area contributed by atoms with Crippen molar-refractivity contribution in [1.29, 1.82) is 0 Å². The molecule has 0 bridgehead atoms. The number of rotatable bonds is 4. The number of benzene rings is 1. The van der Waals surface area contributed by atoms with E-state index < -0.39 is 0 Å². The van der Waals surface area contributed by atoms with E-state index in [0.717, 1.165) is 24.3 Å². The predicted octanol–water partition coefficient (Wildman–Crippen LogP) is 4.36. The van der Waals surface area contributed by atoms with Crippen molar-refractivity contribution in [1.82, 2.24) is 0 Å². The van der Waals surface area contributed by atoms with Crippen molar-refractivity contribution >= 4 is 28.6 Å². The van der Waals surface area contributed by atoms with E-state index in [1.807, 2.05) is 23.1 Å². The number of aryl methyl sites for hydroxylation is 1. The van der Waals surface area contributed by atoms with Crippen molar-refractivity contribution in [2.75, 3.05) is 16.8 Å². The summed E-state index contributed by atoms with van der Waals surface area (Å²) in [5, 5.41) is 5.69. The Balaban J connectivity index is 1.86. The van der Waals surface area contributed by atoms with Gasteiger partial charge in [-0.05, 0) is 49.4 Å². The van der Waals surface area contributed by atoms with Crippen LogP contribution in [0.1, 0.15) is 36.2 Å². The van der Waals surface area contributed by atoms with Gasteiger partial charge in [0.15, 0.2) is 0 Å². The van der Waals surface area contributed by atoms with Gasteiger partial charge in [-0.3, -0.25) is 4.79 Å². The third-order valence-electron chi connectivity index (χ3n) is 3.94. The molecule has 110 valence electrons. The molecule has 1 aliphatic rings. The van der Waals surface area contributed by atoms with Crippen molar-refractivity contribution in [3.63, 3.8) is 0 Å². The van der Waals surface area contributed by atoms with Crippen LogP contribution in [0.25, 0.3) is 0 Å². The monoisotopic (exact) mass is 300 g/mol. The molecule has 1 aliphatic heterocycles. The van der Waals surface area contributed by atoms with E-state index in [2.05, 4.69) is 36.7 Å². The maximum atomic E-state index is 12.0. The number of hydrogen-bond acceptors (Lipinski definition) is 3. The minimum Gasteiger partial charge on any atom is -0.376 e. The van der Waals surface area contributed by atoms with E-state index in [1.165, 1.54) is 10.4 Å². The number of nitrogens with one attached hydrogen (secondary N) is 1. The second-order valence-corrected chi connectivity index (χ2v) is 6.45. The Labute approximate surface area is 129 Å². The fraction of sp³-hybridized carbons (Fsp3) is 0.353. The van der Waals surface area contributed by atoms with Crippen molar-refractivity contribution < 1.29 is 4.79 Å². The smallest absolute Gasteiger partial charge is 0.227 e. The molecule has 1 atom stereocenters. The lowest BCUT2D eigenvalue weighted by Gasteiger charge is -2.23. The summed E-state index contributed by atoms with van der Waals surface area (Å²) in [5.74, 6) is 0.226. The van der Waals surface area contributed by atoms with Crippen LogP contribution < -0.4 is 10.2 Å². The average Bonchev–Trinajstić information content (AvgIpc) is 3.08. The number of nitrogens with zero attached hydrogens (tertiary/aromatic N) is 1. The van der Waals surface area contributed by atoms with Gasteiger partial charge in [-0.2, -0.15) is 0 Å². The van der Waals surface area contributed by atoms with Crippen LogP contribution in [0.4, 0.5) is 11.4 Å². The molecule has 1 unspecified atom stereocenters. The lowest BCUT2D eigenvalue weighted by molar-refractivity contribution is -0.117. The minimum atomic E-state index is 0.226. The maximum Gasteiger partial charge on any atom is 0.227 e. The first-order valence-corrected chi connectivity index (χ1v) is 8.24. The summed E-state index contributed by atoms with van der Waals surface area (Å²) in [6.45, 7) is 5.13. The van der Waals surface area contributed by atoms with Gasteiger partial charge in [-0.15, -0.1) is 11.3 Å². The zero-order valence-corrected chi connectivity index (χ0v) is 13.2. The van der Waals surface area contributed by atoms with Crippen LogP contribution in [0.3, 0.4) is 0 Å². The molecule has 2 heterocycles. The van der Waals surface area contributed by atoms with Gasteiger partial charge < -0.3 is 10.2 Å². The maximum absolute atomic E-state index is 12.0. The summed E-state index contributed by atoms with van der Waals surface area (Å²) in [7, 11) is 0. The number of hydrogen-bond donors (Lipinski definition) is 1. The molecule has 1 aromatic carbocycles. The van der Waals surface area contributed by atoms with Crippen LogP contribution in [0.5, 0.6) is 0 Å². The van der Waals surface area contributed by atoms with E-state index in [9.17, 15) is 4.79 Å². The van der Waals surface area contributed by atoms with Gasteiger partial charge in [-0.1, -0.05) is 12.1 Å². The average molecular weight is 300 g/mol. The Morgan fingerprint density at radius 1 is 1.29 bits per heavy atom. The third kappa shape index (κ3) is 2.81. The summed E-state index contributed by atoms with van der Waals surface area (Å²) in [6.07, 6.45) is 1.61. The first kappa shape index (κ1) is 14.1. The zero-order chi connectivity index (χ0) is 14.8. The molecule has 0 saturated carbocycles. The molecule has 1 N–H and O–H groups in total. The number of para-hydroxylation sites is 2. The lowest BCUT2D eigenvalue weighted by Crippen LogP contribution is -2.25. The highest BCUT2D eigenvalue weighted by Gasteiger charge is 2.24. The molecular formula is C17H20N2OS. The van der Waals surface area contributed by atoms with Crippen LogP contribution in [0.2, 0.25) is 0 Å². The number of thiophene rings is 1. The summed E-state index contributed by atoms with van der Waals surface area (Å²) < 4.78 is 0. The van der Waals surface area contributed by atoms with E-state index in [-0.39, 0.29) is 11.9 Å². The third-order valence-corrected chi connectivity index (χ3v) is 5.14. The van der Waals surface area contributed by atoms with Crippen molar-refractivity contribution in [3.8, 4) is 0 Å². The molecule has 2 aromatic rings. The van der Waals surface area contributed by atoms with Crippen LogP contribution >= 0.6 is 11.3 Å². The Morgan fingerprint density at radius 2 is 2.10 bits per heavy atom. The first-order chi connectivity index (χ1) is 10.2. The van der Waals surface area contributed by atoms with E-state index in [1.54, 1.807) is 11.3 Å². The molecule has 1 amide bonds. The fourth-order valence-corrected chi connectivity index (χ4v) is 3.80. The molecule has 4 heteroatoms. The van der Waals surface area contributed by atoms with Crippen LogP contribution in [-0.2, 0) is 4.79 Å². The summed E-state index contributed by atoms with van der Waals surface area (Å²) in [5.41, 5.74) is 3.35. The summed E-state index contributed by atoms with van der Waals surface area (Å²) in [4.78, 5) is 15.2. The topological polar surface area (TPSA) is 32.3 Å². The molecule has 1 aromatic heterocycles. The molecule has 0 radical (unpaired) electrons. The van der Waals surface area contributed by atoms with E-state index in [4.69, 9.17) is 0 Å². The standard InChI is InChI=1S/C17H20N2OS/c1-12-9-11-21-17(12)13(2)18-14-6-3-4-7-15(14)19-10-5-8-16(19)20/h3-4,6-7,9,11,13,18H,5,8,10H2,1-2H3. The quantitative estimate of drug-likeness (QED) is 0.910. The second-order valence-electron chi connectivity index (χ2n) is 5.50. The number of carbonyl (C=O) groups is 1. The minimum absolute atomic E-state index is 0.226. The zero-order valence-electron chi connectivity index (χ0n) is 12.4. The van der Waals surface area contributed by atoms with E-state index >= 15 is 0 Å². The van der Waals surface area contributed by atoms with E-state index in [0.29, 0.717) is 6.42 Å². The van der Waals surface area contributed by atoms with Crippen LogP contribution in [0.15, 0.2) is 35.7 Å². The Kier molecular flexibility index (Phi) is 3.97. The second kappa shape index (κ2) is 5.90. The number of anilines is 2. The normalized spacial score (nSPS) is 16.3. The summed E-state index contributed by atoms with van der Waals surface area (Å²) in [6, 6.07) is 10.5. The highest BCUT2D eigenvalue weighted by atomic mass is 32.1. The van der Waals surface area contributed by atoms with Crippen molar-refractivity contribution in [2.45, 2.75) is 32.7 Å². The predicted molar refractivity (Wildman–Crippen MR) is 89.1 cm³/mol. The number of carbonyl (C=O) groups excluding carboxylic acids is 1. The molecule has 1 fully saturated rings. The van der Waals surface area contributed by atoms with Gasteiger partial charge in [0.05, 0.1) is 17.4 Å². The SMILES string of the molecule is Cc1ccsc1C(C)Nc1ccccc1N1CCCC1=O. The fourth-order valence-electron chi connectivity index (χ4n) is 2.86. The Bertz CT molecular complexity index is 650. The van der Waals surface area contributed by atoms with Gasteiger partial charge in [-0.25, -0.2) is 0 Å². The van der Waals surface area contributed by atoms with Crippen LogP contribution in [0, 0.1) is 6.92 Å². The summed E-state index contributed by atoms with van der Waals surface area (Å²) >= 11 is 1.77. The molecule has 1 saturated heterocycles. The molecule has 0 aliphatic carbocycles. The molecule has 3 rings (SSSR count). The van der Waals surface area contributed by atoms with Gasteiger partial charge >= 0.3 is 0 Å². The molecular weight excluding hydrogens is 280 g/mol. The largest absolute Gasteiger partial charge is 0.376 e. The van der Waals surface area contributed by atoms with Gasteiger partial charge in [0, 0.05) is 17.8 Å². The van der Waals surface area contributed by atoms with Gasteiger partial charge in [0.2, 0.25) is 5.91 Å². The lowest BCUT2D eigenvalue weighted by atomic mass is 10.1. The number of amides is 1. The van der Waals surface area contributed by atoms with Gasteiger partial charge in [0.25, 0.3) is 0 Å². The molecule has 3 nitrogen and oxygen atoms in total. The Morgan fingerprint density at radius 3 is 2.76 bits per heavy atom. The van der Waals surface area contributed by atoms with Crippen molar-refractivity contribution in [2.24, 2.45) is 0 Å². The van der Waals surface area contributed by atoms with Crippen LogP contribution in [-0.4, -0.2) is 12.5 Å². The first-order valence-electron chi connectivity index (χ1n) is 7.37. The molecule has 21 heavy (non-hydrogen) atoms. The highest BCUT2D eigenvalue weighted by Crippen LogP contribution is 2.33. The Hall–Kier alpha value is -1.81. The molecule has 0 spiro atoms. The van der Waals surface area contributed by atoms with Crippen molar-refractivity contribution in [3.05, 3.63) is 46.2 Å². The highest BCUT2D eigenvalue weighted by molar-refractivity contribution is 7.10. The van der Waals surface area contributed by atoms with Gasteiger partial charge in [0.1, 0.15) is 0 Å².